The van der Waals surface area contributed by atoms with Gasteiger partial charge in [-0.3, -0.25) is 0 Å². The van der Waals surface area contributed by atoms with E-state index in [4.69, 9.17) is 11.0 Å². The van der Waals surface area contributed by atoms with Gasteiger partial charge in [-0.1, -0.05) is 0 Å². The number of hydrogen-bond donors (Lipinski definition) is 1. The van der Waals surface area contributed by atoms with Gasteiger partial charge in [0, 0.05) is 24.5 Å². The van der Waals surface area contributed by atoms with E-state index in [0.717, 1.165) is 30.3 Å². The van der Waals surface area contributed by atoms with Crippen molar-refractivity contribution >= 4 is 11.4 Å². The van der Waals surface area contributed by atoms with E-state index in [1.165, 1.54) is 18.5 Å². The number of nitriles is 1. The molecule has 0 unspecified atom stereocenters. The van der Waals surface area contributed by atoms with Crippen LogP contribution in [-0.4, -0.2) is 13.1 Å². The predicted octanol–water partition coefficient (Wildman–Crippen LogP) is 2.57. The minimum absolute atomic E-state index is 0.390. The maximum atomic E-state index is 8.77. The van der Waals surface area contributed by atoms with Gasteiger partial charge >= 0.3 is 0 Å². The third-order valence-corrected chi connectivity index (χ3v) is 3.32. The number of benzene rings is 1. The number of nitrogens with zero attached hydrogens (tertiary/aromatic N) is 2. The molecule has 0 radical (unpaired) electrons. The molecular weight excluding hydrogens is 210 g/mol. The molecule has 2 N–H and O–H groups in total. The lowest BCUT2D eigenvalue weighted by Gasteiger charge is -2.23. The third kappa shape index (κ3) is 2.91. The monoisotopic (exact) mass is 229 g/mol. The lowest BCUT2D eigenvalue weighted by atomic mass is 10.1. The largest absolute Gasteiger partial charge is 0.398 e. The van der Waals surface area contributed by atoms with E-state index in [0.29, 0.717) is 6.42 Å². The zero-order valence-corrected chi connectivity index (χ0v) is 10.3. The first kappa shape index (κ1) is 11.8. The van der Waals surface area contributed by atoms with E-state index in [1.54, 1.807) is 0 Å². The SMILES string of the molecule is CCN(CC1CC1)c1ccc(N)c(CC#N)c1. The summed E-state index contributed by atoms with van der Waals surface area (Å²) in [7, 11) is 0. The zero-order chi connectivity index (χ0) is 12.3. The number of rotatable bonds is 5. The molecule has 1 aromatic carbocycles. The van der Waals surface area contributed by atoms with Gasteiger partial charge in [-0.15, -0.1) is 0 Å². The van der Waals surface area contributed by atoms with Crippen molar-refractivity contribution in [1.82, 2.24) is 0 Å². The molecule has 0 aliphatic heterocycles. The van der Waals surface area contributed by atoms with Gasteiger partial charge in [-0.05, 0) is 49.4 Å². The Morgan fingerprint density at radius 3 is 2.82 bits per heavy atom. The summed E-state index contributed by atoms with van der Waals surface area (Å²) in [5.41, 5.74) is 8.72. The second kappa shape index (κ2) is 5.09. The molecule has 3 heteroatoms. The van der Waals surface area contributed by atoms with E-state index in [2.05, 4.69) is 30.0 Å². The van der Waals surface area contributed by atoms with E-state index < -0.39 is 0 Å². The molecule has 90 valence electrons. The standard InChI is InChI=1S/C14H19N3/c1-2-17(10-11-3-4-11)13-5-6-14(16)12(9-13)7-8-15/h5-6,9,11H,2-4,7,10,16H2,1H3. The quantitative estimate of drug-likeness (QED) is 0.789. The highest BCUT2D eigenvalue weighted by molar-refractivity contribution is 5.59. The normalized spacial score (nSPS) is 14.4. The minimum Gasteiger partial charge on any atom is -0.398 e. The average Bonchev–Trinajstić information content (AvgIpc) is 3.13. The van der Waals surface area contributed by atoms with Crippen molar-refractivity contribution in [2.24, 2.45) is 5.92 Å². The Labute approximate surface area is 103 Å². The summed E-state index contributed by atoms with van der Waals surface area (Å²) in [6, 6.07) is 8.20. The van der Waals surface area contributed by atoms with E-state index in [1.807, 2.05) is 6.07 Å². The molecule has 17 heavy (non-hydrogen) atoms. The molecule has 0 heterocycles. The van der Waals surface area contributed by atoms with Gasteiger partial charge < -0.3 is 10.6 Å². The first-order valence-electron chi connectivity index (χ1n) is 6.25. The van der Waals surface area contributed by atoms with Crippen LogP contribution in [0, 0.1) is 17.2 Å². The van der Waals surface area contributed by atoms with Crippen molar-refractivity contribution in [3.63, 3.8) is 0 Å². The summed E-state index contributed by atoms with van der Waals surface area (Å²) >= 11 is 0. The van der Waals surface area contributed by atoms with Crippen LogP contribution in [0.5, 0.6) is 0 Å². The molecule has 3 nitrogen and oxygen atoms in total. The van der Waals surface area contributed by atoms with E-state index in [-0.39, 0.29) is 0 Å². The van der Waals surface area contributed by atoms with Crippen LogP contribution in [0.4, 0.5) is 11.4 Å². The highest BCUT2D eigenvalue weighted by Crippen LogP contribution is 2.32. The van der Waals surface area contributed by atoms with Gasteiger partial charge in [-0.25, -0.2) is 0 Å². The topological polar surface area (TPSA) is 53.0 Å². The van der Waals surface area contributed by atoms with E-state index >= 15 is 0 Å². The van der Waals surface area contributed by atoms with Crippen molar-refractivity contribution in [2.75, 3.05) is 23.7 Å². The molecule has 0 bridgehead atoms. The molecule has 1 fully saturated rings. The van der Waals surface area contributed by atoms with Crippen molar-refractivity contribution in [3.05, 3.63) is 23.8 Å². The predicted molar refractivity (Wildman–Crippen MR) is 70.8 cm³/mol. The van der Waals surface area contributed by atoms with Crippen LogP contribution in [0.2, 0.25) is 0 Å². The molecule has 0 aromatic heterocycles. The van der Waals surface area contributed by atoms with Crippen LogP contribution in [-0.2, 0) is 6.42 Å². The molecule has 0 amide bonds. The van der Waals surface area contributed by atoms with Crippen molar-refractivity contribution in [2.45, 2.75) is 26.2 Å². The zero-order valence-electron chi connectivity index (χ0n) is 10.3. The maximum absolute atomic E-state index is 8.77. The fourth-order valence-corrected chi connectivity index (χ4v) is 2.06. The lowest BCUT2D eigenvalue weighted by molar-refractivity contribution is 0.742. The van der Waals surface area contributed by atoms with Crippen molar-refractivity contribution < 1.29 is 0 Å². The van der Waals surface area contributed by atoms with Gasteiger partial charge in [0.25, 0.3) is 0 Å². The summed E-state index contributed by atoms with van der Waals surface area (Å²) in [6.07, 6.45) is 3.10. The minimum atomic E-state index is 0.390. The first-order chi connectivity index (χ1) is 8.24. The fourth-order valence-electron chi connectivity index (χ4n) is 2.06. The first-order valence-corrected chi connectivity index (χ1v) is 6.25. The Kier molecular flexibility index (Phi) is 3.53. The van der Waals surface area contributed by atoms with Crippen LogP contribution < -0.4 is 10.6 Å². The molecule has 1 saturated carbocycles. The Bertz CT molecular complexity index is 430. The Morgan fingerprint density at radius 2 is 2.24 bits per heavy atom. The summed E-state index contributed by atoms with van der Waals surface area (Å²) in [4.78, 5) is 2.37. The smallest absolute Gasteiger partial charge is 0.0670 e. The third-order valence-electron chi connectivity index (χ3n) is 3.32. The molecule has 1 aliphatic carbocycles. The second-order valence-electron chi connectivity index (χ2n) is 4.70. The van der Waals surface area contributed by atoms with Gasteiger partial charge in [0.15, 0.2) is 0 Å². The summed E-state index contributed by atoms with van der Waals surface area (Å²) in [5, 5.41) is 8.77. The molecule has 1 aromatic rings. The summed E-state index contributed by atoms with van der Waals surface area (Å²) in [5.74, 6) is 0.868. The maximum Gasteiger partial charge on any atom is 0.0670 e. The van der Waals surface area contributed by atoms with E-state index in [9.17, 15) is 0 Å². The van der Waals surface area contributed by atoms with Crippen LogP contribution in [0.3, 0.4) is 0 Å². The van der Waals surface area contributed by atoms with Gasteiger partial charge in [0.1, 0.15) is 0 Å². The van der Waals surface area contributed by atoms with Gasteiger partial charge in [-0.2, -0.15) is 5.26 Å². The van der Waals surface area contributed by atoms with Crippen LogP contribution >= 0.6 is 0 Å². The summed E-state index contributed by atoms with van der Waals surface area (Å²) < 4.78 is 0. The highest BCUT2D eigenvalue weighted by Gasteiger charge is 2.24. The highest BCUT2D eigenvalue weighted by atomic mass is 15.1. The van der Waals surface area contributed by atoms with Crippen LogP contribution in [0.15, 0.2) is 18.2 Å². The van der Waals surface area contributed by atoms with Crippen LogP contribution in [0.25, 0.3) is 0 Å². The molecule has 0 saturated heterocycles. The summed E-state index contributed by atoms with van der Waals surface area (Å²) in [6.45, 7) is 4.31. The van der Waals surface area contributed by atoms with Gasteiger partial charge in [0.05, 0.1) is 12.5 Å². The number of nitrogen functional groups attached to an aromatic ring is 1. The molecule has 1 aliphatic rings. The lowest BCUT2D eigenvalue weighted by Crippen LogP contribution is -2.25. The Morgan fingerprint density at radius 1 is 1.47 bits per heavy atom. The Hall–Kier alpha value is -1.69. The molecule has 0 atom stereocenters. The van der Waals surface area contributed by atoms with Crippen molar-refractivity contribution in [3.8, 4) is 6.07 Å². The number of anilines is 2. The average molecular weight is 229 g/mol. The Balaban J connectivity index is 2.17. The number of hydrogen-bond acceptors (Lipinski definition) is 3. The van der Waals surface area contributed by atoms with Crippen molar-refractivity contribution in [1.29, 1.82) is 5.26 Å². The van der Waals surface area contributed by atoms with Gasteiger partial charge in [0.2, 0.25) is 0 Å². The molecule has 2 rings (SSSR count). The molecule has 0 spiro atoms. The number of nitrogens with two attached hydrogens (primary N) is 1. The van der Waals surface area contributed by atoms with Crippen LogP contribution in [0.1, 0.15) is 25.3 Å². The fraction of sp³-hybridized carbons (Fsp3) is 0.500. The second-order valence-corrected chi connectivity index (χ2v) is 4.70. The molecular formula is C14H19N3.